The van der Waals surface area contributed by atoms with Gasteiger partial charge in [-0.1, -0.05) is 40.2 Å². The smallest absolute Gasteiger partial charge is 0.119 e. The van der Waals surface area contributed by atoms with E-state index in [9.17, 15) is 4.21 Å². The molecule has 1 atom stereocenters. The Kier molecular flexibility index (Phi) is 4.60. The zero-order chi connectivity index (χ0) is 15.5. The molecule has 22 heavy (non-hydrogen) atoms. The van der Waals surface area contributed by atoms with Crippen LogP contribution in [0, 0.1) is 0 Å². The first-order valence-electron chi connectivity index (χ1n) is 6.86. The lowest BCUT2D eigenvalue weighted by Crippen LogP contribution is -1.97. The van der Waals surface area contributed by atoms with Gasteiger partial charge in [-0.15, -0.1) is 0 Å². The minimum Gasteiger partial charge on any atom is -0.497 e. The van der Waals surface area contributed by atoms with Gasteiger partial charge in [-0.05, 0) is 52.7 Å². The molecule has 0 aliphatic rings. The predicted octanol–water partition coefficient (Wildman–Crippen LogP) is 4.92. The van der Waals surface area contributed by atoms with Crippen molar-refractivity contribution in [2.75, 3.05) is 7.11 Å². The summed E-state index contributed by atoms with van der Waals surface area (Å²) in [5, 5.41) is 2.23. The molecule has 2 nitrogen and oxygen atoms in total. The van der Waals surface area contributed by atoms with Crippen molar-refractivity contribution in [2.45, 2.75) is 10.6 Å². The number of methoxy groups -OCH3 is 1. The average molecular weight is 375 g/mol. The van der Waals surface area contributed by atoms with Crippen LogP contribution >= 0.6 is 15.9 Å². The van der Waals surface area contributed by atoms with Crippen molar-refractivity contribution in [3.8, 4) is 5.75 Å². The number of halogens is 1. The van der Waals surface area contributed by atoms with Gasteiger partial charge in [0.15, 0.2) is 0 Å². The maximum atomic E-state index is 12.6. The number of hydrogen-bond donors (Lipinski definition) is 0. The van der Waals surface area contributed by atoms with Gasteiger partial charge in [0.2, 0.25) is 0 Å². The van der Waals surface area contributed by atoms with E-state index in [2.05, 4.69) is 22.0 Å². The highest BCUT2D eigenvalue weighted by Gasteiger charge is 2.07. The highest BCUT2D eigenvalue weighted by molar-refractivity contribution is 9.10. The van der Waals surface area contributed by atoms with Gasteiger partial charge in [0.25, 0.3) is 0 Å². The fourth-order valence-electron chi connectivity index (χ4n) is 2.33. The van der Waals surface area contributed by atoms with Crippen molar-refractivity contribution in [3.63, 3.8) is 0 Å². The van der Waals surface area contributed by atoms with Crippen molar-refractivity contribution in [3.05, 3.63) is 70.7 Å². The first-order valence-corrected chi connectivity index (χ1v) is 8.97. The maximum absolute atomic E-state index is 12.6. The van der Waals surface area contributed by atoms with Crippen LogP contribution in [0.1, 0.15) is 5.56 Å². The molecule has 0 amide bonds. The van der Waals surface area contributed by atoms with Crippen molar-refractivity contribution >= 4 is 37.5 Å². The van der Waals surface area contributed by atoms with E-state index in [1.807, 2.05) is 54.6 Å². The quantitative estimate of drug-likeness (QED) is 0.647. The van der Waals surface area contributed by atoms with Crippen LogP contribution < -0.4 is 4.74 Å². The maximum Gasteiger partial charge on any atom is 0.119 e. The molecule has 0 N–H and O–H groups in total. The number of ether oxygens (including phenoxy) is 1. The summed E-state index contributed by atoms with van der Waals surface area (Å²) in [6.45, 7) is 0. The summed E-state index contributed by atoms with van der Waals surface area (Å²) in [7, 11) is 0.563. The van der Waals surface area contributed by atoms with Gasteiger partial charge in [-0.25, -0.2) is 0 Å². The van der Waals surface area contributed by atoms with Gasteiger partial charge in [0.05, 0.1) is 23.7 Å². The summed E-state index contributed by atoms with van der Waals surface area (Å²) in [4.78, 5) is 0.845. The summed E-state index contributed by atoms with van der Waals surface area (Å²) in [5.74, 6) is 1.28. The molecule has 1 unspecified atom stereocenters. The molecule has 0 aromatic heterocycles. The molecular formula is C18H15BrO2S. The summed E-state index contributed by atoms with van der Waals surface area (Å²) in [6.07, 6.45) is 0. The van der Waals surface area contributed by atoms with E-state index >= 15 is 0 Å². The molecule has 0 heterocycles. The molecule has 0 saturated carbocycles. The summed E-state index contributed by atoms with van der Waals surface area (Å²) in [6, 6.07) is 19.7. The number of benzene rings is 3. The molecule has 4 heteroatoms. The van der Waals surface area contributed by atoms with Crippen molar-refractivity contribution in [2.24, 2.45) is 0 Å². The summed E-state index contributed by atoms with van der Waals surface area (Å²) in [5.41, 5.74) is 1.01. The zero-order valence-corrected chi connectivity index (χ0v) is 14.5. The Morgan fingerprint density at radius 1 is 1.00 bits per heavy atom. The van der Waals surface area contributed by atoms with Gasteiger partial charge >= 0.3 is 0 Å². The zero-order valence-electron chi connectivity index (χ0n) is 12.1. The number of rotatable bonds is 4. The second-order valence-corrected chi connectivity index (χ2v) is 7.36. The number of fused-ring (bicyclic) bond motifs is 1. The highest BCUT2D eigenvalue weighted by Crippen LogP contribution is 2.24. The Labute approximate surface area is 140 Å². The molecule has 112 valence electrons. The monoisotopic (exact) mass is 374 g/mol. The Bertz CT molecular complexity index is 845. The van der Waals surface area contributed by atoms with Crippen LogP contribution in [-0.4, -0.2) is 11.3 Å². The van der Waals surface area contributed by atoms with Gasteiger partial charge in [-0.3, -0.25) is 4.21 Å². The van der Waals surface area contributed by atoms with Crippen LogP contribution in [0.15, 0.2) is 70.0 Å². The largest absolute Gasteiger partial charge is 0.497 e. The SMILES string of the molecule is COc1cccc(CS(=O)c2ccc3cc(Br)ccc3c2)c1. The molecule has 3 aromatic carbocycles. The van der Waals surface area contributed by atoms with Crippen LogP contribution in [-0.2, 0) is 16.6 Å². The Balaban J connectivity index is 1.86. The highest BCUT2D eigenvalue weighted by atomic mass is 79.9. The molecule has 0 aliphatic carbocycles. The standard InChI is InChI=1S/C18H15BrO2S/c1-21-17-4-2-3-13(9-17)12-22(20)18-8-6-14-10-16(19)7-5-15(14)11-18/h2-11H,12H2,1H3. The molecule has 0 spiro atoms. The van der Waals surface area contributed by atoms with Crippen LogP contribution in [0.25, 0.3) is 10.8 Å². The fourth-order valence-corrected chi connectivity index (χ4v) is 3.84. The summed E-state index contributed by atoms with van der Waals surface area (Å²) >= 11 is 3.47. The fraction of sp³-hybridized carbons (Fsp3) is 0.111. The van der Waals surface area contributed by atoms with Crippen molar-refractivity contribution < 1.29 is 8.95 Å². The van der Waals surface area contributed by atoms with E-state index < -0.39 is 10.8 Å². The molecule has 0 aliphatic heterocycles. The van der Waals surface area contributed by atoms with Crippen LogP contribution in [0.4, 0.5) is 0 Å². The first-order chi connectivity index (χ1) is 10.7. The van der Waals surface area contributed by atoms with E-state index in [-0.39, 0.29) is 0 Å². The minimum atomic E-state index is -1.07. The molecule has 3 rings (SSSR count). The van der Waals surface area contributed by atoms with Gasteiger partial charge in [-0.2, -0.15) is 0 Å². The Hall–Kier alpha value is -1.65. The predicted molar refractivity (Wildman–Crippen MR) is 94.8 cm³/mol. The minimum absolute atomic E-state index is 0.485. The normalized spacial score (nSPS) is 12.3. The van der Waals surface area contributed by atoms with Crippen molar-refractivity contribution in [1.29, 1.82) is 0 Å². The van der Waals surface area contributed by atoms with Gasteiger partial charge < -0.3 is 4.74 Å². The summed E-state index contributed by atoms with van der Waals surface area (Å²) < 4.78 is 18.8. The first kappa shape index (κ1) is 15.3. The van der Waals surface area contributed by atoms with Crippen LogP contribution in [0.5, 0.6) is 5.75 Å². The third-order valence-corrected chi connectivity index (χ3v) is 5.34. The molecular weight excluding hydrogens is 360 g/mol. The lowest BCUT2D eigenvalue weighted by molar-refractivity contribution is 0.414. The van der Waals surface area contributed by atoms with Crippen molar-refractivity contribution in [1.82, 2.24) is 0 Å². The average Bonchev–Trinajstić information content (AvgIpc) is 2.54. The number of hydrogen-bond acceptors (Lipinski definition) is 2. The molecule has 3 aromatic rings. The Morgan fingerprint density at radius 2 is 1.77 bits per heavy atom. The second-order valence-electron chi connectivity index (χ2n) is 4.99. The van der Waals surface area contributed by atoms with Gasteiger partial charge in [0, 0.05) is 9.37 Å². The van der Waals surface area contributed by atoms with E-state index in [1.54, 1.807) is 7.11 Å². The topological polar surface area (TPSA) is 26.3 Å². The van der Waals surface area contributed by atoms with Crippen LogP contribution in [0.3, 0.4) is 0 Å². The molecule has 0 saturated heterocycles. The van der Waals surface area contributed by atoms with E-state index in [0.29, 0.717) is 5.75 Å². The third kappa shape index (κ3) is 3.39. The lowest BCUT2D eigenvalue weighted by Gasteiger charge is -2.06. The van der Waals surface area contributed by atoms with E-state index in [4.69, 9.17) is 4.74 Å². The van der Waals surface area contributed by atoms with Gasteiger partial charge in [0.1, 0.15) is 5.75 Å². The van der Waals surface area contributed by atoms with E-state index in [0.717, 1.165) is 31.5 Å². The second kappa shape index (κ2) is 6.63. The van der Waals surface area contributed by atoms with E-state index in [1.165, 1.54) is 0 Å². The molecule has 0 radical (unpaired) electrons. The molecule has 0 fully saturated rings. The lowest BCUT2D eigenvalue weighted by atomic mass is 10.1. The molecule has 0 bridgehead atoms. The Morgan fingerprint density at radius 3 is 2.59 bits per heavy atom. The third-order valence-electron chi connectivity index (χ3n) is 3.47. The van der Waals surface area contributed by atoms with Crippen LogP contribution in [0.2, 0.25) is 0 Å².